The second kappa shape index (κ2) is 14.1. The van der Waals surface area contributed by atoms with E-state index in [1.165, 1.54) is 7.11 Å². The number of fused-ring (bicyclic) bond motifs is 2. The van der Waals surface area contributed by atoms with Crippen LogP contribution >= 0.6 is 23.4 Å². The van der Waals surface area contributed by atoms with E-state index in [2.05, 4.69) is 12.1 Å². The average molecular weight is 686 g/mol. The van der Waals surface area contributed by atoms with E-state index < -0.39 is 5.97 Å². The molecular weight excluding hydrogens is 646 g/mol. The zero-order chi connectivity index (χ0) is 34.1. The molecule has 0 aliphatic carbocycles. The van der Waals surface area contributed by atoms with E-state index in [9.17, 15) is 15.0 Å². The number of aromatic hydroxyl groups is 1. The van der Waals surface area contributed by atoms with Crippen LogP contribution in [0.15, 0.2) is 54.6 Å². The van der Waals surface area contributed by atoms with Gasteiger partial charge in [-0.25, -0.2) is 4.79 Å². The van der Waals surface area contributed by atoms with Gasteiger partial charge in [0, 0.05) is 66.8 Å². The number of halogens is 1. The Hall–Kier alpha value is -4.25. The van der Waals surface area contributed by atoms with Gasteiger partial charge in [0.1, 0.15) is 11.4 Å². The number of phenols is 1. The maximum Gasteiger partial charge on any atom is 0.354 e. The van der Waals surface area contributed by atoms with Crippen molar-refractivity contribution in [3.8, 4) is 17.0 Å². The highest BCUT2D eigenvalue weighted by Crippen LogP contribution is 2.42. The van der Waals surface area contributed by atoms with Crippen LogP contribution in [-0.2, 0) is 56.6 Å². The van der Waals surface area contributed by atoms with Gasteiger partial charge in [0.05, 0.1) is 34.7 Å². The summed E-state index contributed by atoms with van der Waals surface area (Å²) < 4.78 is 10.8. The predicted molar refractivity (Wildman–Crippen MR) is 193 cm³/mol. The van der Waals surface area contributed by atoms with Crippen LogP contribution in [0.4, 0.5) is 0 Å². The number of aliphatic hydroxyl groups excluding tert-OH is 1. The number of hydrogen-bond donors (Lipinski definition) is 2. The minimum Gasteiger partial charge on any atom is -0.507 e. The number of rotatable bonds is 12. The third kappa shape index (κ3) is 6.32. The van der Waals surface area contributed by atoms with E-state index in [1.54, 1.807) is 11.8 Å². The molecule has 0 unspecified atom stereocenters. The number of phenolic OH excluding ortho intramolecular Hbond substituents is 1. The van der Waals surface area contributed by atoms with Crippen molar-refractivity contribution in [2.75, 3.05) is 13.7 Å². The lowest BCUT2D eigenvalue weighted by Gasteiger charge is -2.13. The number of carbonyl (C=O) groups is 1. The topological polar surface area (TPSA) is 107 Å². The average Bonchev–Trinajstić information content (AvgIpc) is 3.67. The summed E-state index contributed by atoms with van der Waals surface area (Å²) >= 11 is 8.72. The first-order valence-corrected chi connectivity index (χ1v) is 17.5. The van der Waals surface area contributed by atoms with Gasteiger partial charge < -0.3 is 19.5 Å². The normalized spacial score (nSPS) is 11.6. The van der Waals surface area contributed by atoms with Gasteiger partial charge in [0.2, 0.25) is 0 Å². The monoisotopic (exact) mass is 685 g/mol. The molecule has 6 rings (SSSR count). The number of thioether (sulfide) groups is 1. The van der Waals surface area contributed by atoms with Gasteiger partial charge in [0.15, 0.2) is 0 Å². The zero-order valence-corrected chi connectivity index (χ0v) is 29.5. The number of aliphatic hydroxyl groups is 1. The van der Waals surface area contributed by atoms with Gasteiger partial charge in [-0.05, 0) is 67.3 Å². The zero-order valence-electron chi connectivity index (χ0n) is 27.9. The largest absolute Gasteiger partial charge is 0.507 e. The van der Waals surface area contributed by atoms with Crippen molar-refractivity contribution < 1.29 is 19.7 Å². The quantitative estimate of drug-likeness (QED) is 0.133. The number of ether oxygens (including phenoxy) is 1. The van der Waals surface area contributed by atoms with Crippen LogP contribution in [-0.4, -0.2) is 54.0 Å². The lowest BCUT2D eigenvalue weighted by Crippen LogP contribution is -2.11. The van der Waals surface area contributed by atoms with Gasteiger partial charge >= 0.3 is 5.97 Å². The number of carbonyl (C=O) groups excluding carboxylic acids is 1. The molecule has 3 aromatic heterocycles. The summed E-state index contributed by atoms with van der Waals surface area (Å²) in [5.41, 5.74) is 9.06. The minimum atomic E-state index is -0.425. The number of nitrogens with zero attached hydrogens (tertiary/aromatic N) is 5. The Morgan fingerprint density at radius 1 is 0.938 bits per heavy atom. The first-order valence-electron chi connectivity index (χ1n) is 15.9. The van der Waals surface area contributed by atoms with Gasteiger partial charge in [0.25, 0.3) is 0 Å². The fraction of sp³-hybridized carbons (Fsp3) is 0.324. The molecule has 0 spiro atoms. The van der Waals surface area contributed by atoms with E-state index in [4.69, 9.17) is 26.5 Å². The van der Waals surface area contributed by atoms with E-state index >= 15 is 0 Å². The molecule has 0 fully saturated rings. The fourth-order valence-electron chi connectivity index (χ4n) is 6.78. The van der Waals surface area contributed by atoms with E-state index in [-0.39, 0.29) is 6.61 Å². The highest BCUT2D eigenvalue weighted by atomic mass is 35.5. The second-order valence-corrected chi connectivity index (χ2v) is 13.5. The standard InChI is InChI=1S/C37H40ClN5O4S/c1-22-30(21-48-20-25-19-26(42(3)40-25)13-12-23-17-24-9-6-7-10-27(24)32(45)18-23)35(43(4)39-22)33-31(38)15-14-29-28(11-8-16-44)36(37(46)47-5)41(2)34(29)33/h6-7,9-10,14-15,17-19,44-45H,8,11-13,16,20-21H2,1-5H3. The number of esters is 1. The highest BCUT2D eigenvalue weighted by Gasteiger charge is 2.27. The Morgan fingerprint density at radius 3 is 2.50 bits per heavy atom. The van der Waals surface area contributed by atoms with E-state index in [0.717, 1.165) is 85.3 Å². The van der Waals surface area contributed by atoms with Crippen molar-refractivity contribution >= 4 is 51.0 Å². The molecule has 9 nitrogen and oxygen atoms in total. The van der Waals surface area contributed by atoms with Crippen LogP contribution in [0.3, 0.4) is 0 Å². The molecule has 0 aliphatic rings. The fourth-order valence-corrected chi connectivity index (χ4v) is 8.02. The number of aromatic nitrogens is 5. The molecule has 0 radical (unpaired) electrons. The van der Waals surface area contributed by atoms with Crippen molar-refractivity contribution in [3.63, 3.8) is 0 Å². The van der Waals surface area contributed by atoms with Crippen molar-refractivity contribution in [2.45, 2.75) is 44.1 Å². The molecule has 0 saturated heterocycles. The van der Waals surface area contributed by atoms with Gasteiger partial charge in [-0.2, -0.15) is 22.0 Å². The molecular formula is C37H40ClN5O4S. The molecule has 3 heterocycles. The summed E-state index contributed by atoms with van der Waals surface area (Å²) in [6, 6.07) is 17.9. The van der Waals surface area contributed by atoms with Crippen LogP contribution in [0, 0.1) is 6.92 Å². The van der Waals surface area contributed by atoms with E-state index in [1.807, 2.05) is 84.5 Å². The van der Waals surface area contributed by atoms with Crippen molar-refractivity contribution in [2.24, 2.45) is 21.1 Å². The maximum atomic E-state index is 13.0. The molecule has 2 N–H and O–H groups in total. The smallest absolute Gasteiger partial charge is 0.354 e. The lowest BCUT2D eigenvalue weighted by molar-refractivity contribution is 0.0589. The summed E-state index contributed by atoms with van der Waals surface area (Å²) in [6.45, 7) is 2.03. The van der Waals surface area contributed by atoms with Crippen molar-refractivity contribution in [3.05, 3.63) is 99.1 Å². The molecule has 11 heteroatoms. The molecule has 0 atom stereocenters. The third-order valence-corrected chi connectivity index (χ3v) is 10.4. The number of hydrogen-bond acceptors (Lipinski definition) is 7. The van der Waals surface area contributed by atoms with Crippen LogP contribution in [0.2, 0.25) is 5.02 Å². The van der Waals surface area contributed by atoms with Crippen LogP contribution < -0.4 is 0 Å². The molecule has 6 aromatic rings. The van der Waals surface area contributed by atoms with Gasteiger partial charge in [-0.3, -0.25) is 9.36 Å². The summed E-state index contributed by atoms with van der Waals surface area (Å²) in [6.07, 6.45) is 2.66. The number of aryl methyl sites for hydroxylation is 7. The third-order valence-electron chi connectivity index (χ3n) is 9.05. The SMILES string of the molecule is COC(=O)c1c(CCCO)c2ccc(Cl)c(-c3c(CSCc4cc(CCc5cc(O)c6ccccc6c5)n(C)n4)c(C)nn3C)c2n1C. The molecule has 0 aliphatic heterocycles. The minimum absolute atomic E-state index is 0.0203. The molecule has 48 heavy (non-hydrogen) atoms. The summed E-state index contributed by atoms with van der Waals surface area (Å²) in [4.78, 5) is 13.0. The Kier molecular flexibility index (Phi) is 9.87. The highest BCUT2D eigenvalue weighted by molar-refractivity contribution is 7.97. The Bertz CT molecular complexity index is 2150. The van der Waals surface area contributed by atoms with Crippen LogP contribution in [0.1, 0.15) is 50.7 Å². The Morgan fingerprint density at radius 2 is 1.73 bits per heavy atom. The molecule has 0 saturated carbocycles. The van der Waals surface area contributed by atoms with Gasteiger partial charge in [-0.1, -0.05) is 48.0 Å². The second-order valence-electron chi connectivity index (χ2n) is 12.1. The van der Waals surface area contributed by atoms with Crippen LogP contribution in [0.25, 0.3) is 32.9 Å². The number of benzene rings is 3. The molecule has 0 amide bonds. The number of methoxy groups -OCH3 is 1. The molecule has 0 bridgehead atoms. The van der Waals surface area contributed by atoms with Crippen molar-refractivity contribution in [1.29, 1.82) is 0 Å². The maximum absolute atomic E-state index is 13.0. The van der Waals surface area contributed by atoms with Crippen LogP contribution in [0.5, 0.6) is 5.75 Å². The summed E-state index contributed by atoms with van der Waals surface area (Å²) in [5, 5.41) is 33.0. The molecule has 3 aromatic carbocycles. The Labute approximate surface area is 289 Å². The predicted octanol–water partition coefficient (Wildman–Crippen LogP) is 7.06. The first kappa shape index (κ1) is 33.6. The lowest BCUT2D eigenvalue weighted by atomic mass is 10.0. The van der Waals surface area contributed by atoms with Gasteiger partial charge in [-0.15, -0.1) is 0 Å². The Balaban J connectivity index is 1.24. The first-order chi connectivity index (χ1) is 23.1. The van der Waals surface area contributed by atoms with Crippen molar-refractivity contribution in [1.82, 2.24) is 24.1 Å². The van der Waals surface area contributed by atoms with E-state index in [0.29, 0.717) is 35.1 Å². The summed E-state index contributed by atoms with van der Waals surface area (Å²) in [5.74, 6) is 1.30. The summed E-state index contributed by atoms with van der Waals surface area (Å²) in [7, 11) is 7.13. The molecule has 250 valence electrons.